The minimum atomic E-state index is -0.158. The van der Waals surface area contributed by atoms with E-state index in [0.29, 0.717) is 28.9 Å². The molecule has 7 heteroatoms. The predicted molar refractivity (Wildman–Crippen MR) is 76.5 cm³/mol. The molecule has 1 saturated heterocycles. The first-order valence-corrected chi connectivity index (χ1v) is 7.29. The van der Waals surface area contributed by atoms with E-state index in [1.807, 2.05) is 13.8 Å². The van der Waals surface area contributed by atoms with Crippen LogP contribution in [0.4, 0.5) is 10.5 Å². The van der Waals surface area contributed by atoms with Gasteiger partial charge in [-0.25, -0.2) is 4.79 Å². The number of hydrogen-bond acceptors (Lipinski definition) is 4. The number of hydrogen-bond donors (Lipinski definition) is 1. The number of halogens is 1. The van der Waals surface area contributed by atoms with Gasteiger partial charge in [-0.15, -0.1) is 11.3 Å². The standard InChI is InChI=1S/C12H17ClN2O3S/c1-7-4-15(5-8(2)18-7)12(16)14-9-6-19-11(13)10(9)17-3/h6-8H,4-5H2,1-3H3,(H,14,16). The van der Waals surface area contributed by atoms with Gasteiger partial charge in [-0.2, -0.15) is 0 Å². The molecule has 0 radical (unpaired) electrons. The van der Waals surface area contributed by atoms with E-state index in [0.717, 1.165) is 0 Å². The molecule has 1 aromatic rings. The first-order valence-electron chi connectivity index (χ1n) is 6.03. The lowest BCUT2D eigenvalue weighted by Gasteiger charge is -2.35. The number of anilines is 1. The SMILES string of the molecule is COc1c(NC(=O)N2CC(C)OC(C)C2)csc1Cl. The number of urea groups is 1. The van der Waals surface area contributed by atoms with Gasteiger partial charge in [0, 0.05) is 18.5 Å². The van der Waals surface area contributed by atoms with E-state index in [4.69, 9.17) is 21.1 Å². The van der Waals surface area contributed by atoms with E-state index in [9.17, 15) is 4.79 Å². The quantitative estimate of drug-likeness (QED) is 0.913. The zero-order valence-electron chi connectivity index (χ0n) is 11.1. The highest BCUT2D eigenvalue weighted by atomic mass is 35.5. The van der Waals surface area contributed by atoms with Crippen molar-refractivity contribution in [2.45, 2.75) is 26.1 Å². The molecule has 2 heterocycles. The molecule has 1 aliphatic rings. The van der Waals surface area contributed by atoms with Crippen molar-refractivity contribution in [3.63, 3.8) is 0 Å². The Morgan fingerprint density at radius 3 is 2.74 bits per heavy atom. The molecule has 1 N–H and O–H groups in total. The van der Waals surface area contributed by atoms with E-state index in [1.54, 1.807) is 10.3 Å². The van der Waals surface area contributed by atoms with Crippen LogP contribution in [0.25, 0.3) is 0 Å². The number of amides is 2. The number of thiophene rings is 1. The van der Waals surface area contributed by atoms with Crippen molar-refractivity contribution in [3.05, 3.63) is 9.72 Å². The highest BCUT2D eigenvalue weighted by Crippen LogP contribution is 2.39. The van der Waals surface area contributed by atoms with Gasteiger partial charge in [0.1, 0.15) is 4.34 Å². The predicted octanol–water partition coefficient (Wildman–Crippen LogP) is 3.05. The van der Waals surface area contributed by atoms with Gasteiger partial charge in [-0.05, 0) is 13.8 Å². The van der Waals surface area contributed by atoms with Crippen LogP contribution in [0, 0.1) is 0 Å². The van der Waals surface area contributed by atoms with Crippen molar-refractivity contribution >= 4 is 34.7 Å². The molecule has 5 nitrogen and oxygen atoms in total. The summed E-state index contributed by atoms with van der Waals surface area (Å²) >= 11 is 7.30. The van der Waals surface area contributed by atoms with Crippen molar-refractivity contribution in [2.24, 2.45) is 0 Å². The summed E-state index contributed by atoms with van der Waals surface area (Å²) in [7, 11) is 1.53. The molecule has 1 fully saturated rings. The average molecular weight is 305 g/mol. The van der Waals surface area contributed by atoms with Crippen LogP contribution in [-0.4, -0.2) is 43.3 Å². The summed E-state index contributed by atoms with van der Waals surface area (Å²) in [5.74, 6) is 0.509. The van der Waals surface area contributed by atoms with Gasteiger partial charge in [0.05, 0.1) is 25.0 Å². The topological polar surface area (TPSA) is 50.8 Å². The van der Waals surface area contributed by atoms with Gasteiger partial charge in [0.25, 0.3) is 0 Å². The van der Waals surface area contributed by atoms with E-state index in [2.05, 4.69) is 5.32 Å². The van der Waals surface area contributed by atoms with Gasteiger partial charge in [-0.1, -0.05) is 11.6 Å². The minimum Gasteiger partial charge on any atom is -0.492 e. The molecule has 2 rings (SSSR count). The van der Waals surface area contributed by atoms with E-state index < -0.39 is 0 Å². The molecule has 1 aliphatic heterocycles. The number of nitrogens with one attached hydrogen (secondary N) is 1. The zero-order valence-corrected chi connectivity index (χ0v) is 12.7. The molecule has 2 unspecified atom stereocenters. The Morgan fingerprint density at radius 2 is 2.16 bits per heavy atom. The number of ether oxygens (including phenoxy) is 2. The van der Waals surface area contributed by atoms with Crippen LogP contribution >= 0.6 is 22.9 Å². The second-order valence-corrected chi connectivity index (χ2v) is 6.03. The molecule has 0 aromatic carbocycles. The Labute approximate surface area is 121 Å². The van der Waals surface area contributed by atoms with Gasteiger partial charge >= 0.3 is 6.03 Å². The van der Waals surface area contributed by atoms with E-state index in [1.165, 1.54) is 18.4 Å². The fourth-order valence-electron chi connectivity index (χ4n) is 2.14. The van der Waals surface area contributed by atoms with Crippen molar-refractivity contribution < 1.29 is 14.3 Å². The lowest BCUT2D eigenvalue weighted by Crippen LogP contribution is -2.49. The summed E-state index contributed by atoms with van der Waals surface area (Å²) in [5, 5.41) is 4.60. The number of carbonyl (C=O) groups is 1. The van der Waals surface area contributed by atoms with Crippen molar-refractivity contribution in [3.8, 4) is 5.75 Å². The third kappa shape index (κ3) is 3.32. The van der Waals surface area contributed by atoms with Crippen LogP contribution in [0.15, 0.2) is 5.38 Å². The third-order valence-electron chi connectivity index (χ3n) is 2.86. The highest BCUT2D eigenvalue weighted by Gasteiger charge is 2.26. The molecule has 106 valence electrons. The number of methoxy groups -OCH3 is 1. The maximum atomic E-state index is 12.2. The van der Waals surface area contributed by atoms with Crippen LogP contribution in [0.5, 0.6) is 5.75 Å². The summed E-state index contributed by atoms with van der Waals surface area (Å²) in [6, 6.07) is -0.158. The van der Waals surface area contributed by atoms with Crippen molar-refractivity contribution in [1.82, 2.24) is 4.90 Å². The molecular weight excluding hydrogens is 288 g/mol. The largest absolute Gasteiger partial charge is 0.492 e. The minimum absolute atomic E-state index is 0.0439. The average Bonchev–Trinajstić information content (AvgIpc) is 2.68. The summed E-state index contributed by atoms with van der Waals surface area (Å²) in [5.41, 5.74) is 0.606. The van der Waals surface area contributed by atoms with Gasteiger partial charge in [0.2, 0.25) is 0 Å². The monoisotopic (exact) mass is 304 g/mol. The van der Waals surface area contributed by atoms with E-state index in [-0.39, 0.29) is 18.2 Å². The molecule has 2 amide bonds. The van der Waals surface area contributed by atoms with Gasteiger partial charge < -0.3 is 19.7 Å². The summed E-state index contributed by atoms with van der Waals surface area (Å²) < 4.78 is 11.3. The smallest absolute Gasteiger partial charge is 0.322 e. The zero-order chi connectivity index (χ0) is 14.0. The molecule has 0 aliphatic carbocycles. The lowest BCUT2D eigenvalue weighted by molar-refractivity contribution is -0.0530. The molecule has 0 bridgehead atoms. The molecule has 1 aromatic heterocycles. The van der Waals surface area contributed by atoms with Crippen LogP contribution in [-0.2, 0) is 4.74 Å². The second-order valence-electron chi connectivity index (χ2n) is 4.55. The maximum absolute atomic E-state index is 12.2. The molecule has 0 saturated carbocycles. The van der Waals surface area contributed by atoms with Gasteiger partial charge in [0.15, 0.2) is 5.75 Å². The Bertz CT molecular complexity index is 456. The third-order valence-corrected chi connectivity index (χ3v) is 4.04. The van der Waals surface area contributed by atoms with Crippen LogP contribution in [0.3, 0.4) is 0 Å². The van der Waals surface area contributed by atoms with Crippen LogP contribution in [0.2, 0.25) is 4.34 Å². The van der Waals surface area contributed by atoms with Crippen molar-refractivity contribution in [1.29, 1.82) is 0 Å². The number of morpholine rings is 1. The maximum Gasteiger partial charge on any atom is 0.322 e. The highest BCUT2D eigenvalue weighted by molar-refractivity contribution is 7.15. The van der Waals surface area contributed by atoms with Gasteiger partial charge in [-0.3, -0.25) is 0 Å². The number of nitrogens with zero attached hydrogens (tertiary/aromatic N) is 1. The summed E-state index contributed by atoms with van der Waals surface area (Å²) in [6.45, 7) is 5.07. The summed E-state index contributed by atoms with van der Waals surface area (Å²) in [6.07, 6.45) is 0.0879. The van der Waals surface area contributed by atoms with Crippen molar-refractivity contribution in [2.75, 3.05) is 25.5 Å². The summed E-state index contributed by atoms with van der Waals surface area (Å²) in [4.78, 5) is 13.9. The van der Waals surface area contributed by atoms with Crippen LogP contribution in [0.1, 0.15) is 13.8 Å². The Kier molecular flexibility index (Phi) is 4.54. The normalized spacial score (nSPS) is 23.3. The fourth-order valence-corrected chi connectivity index (χ4v) is 3.14. The Hall–Kier alpha value is -0.980. The molecule has 2 atom stereocenters. The fraction of sp³-hybridized carbons (Fsp3) is 0.583. The molecular formula is C12H17ClN2O3S. The van der Waals surface area contributed by atoms with Crippen LogP contribution < -0.4 is 10.1 Å². The molecule has 19 heavy (non-hydrogen) atoms. The Morgan fingerprint density at radius 1 is 1.53 bits per heavy atom. The first kappa shape index (κ1) is 14.4. The van der Waals surface area contributed by atoms with E-state index >= 15 is 0 Å². The number of carbonyl (C=O) groups excluding carboxylic acids is 1. The Balaban J connectivity index is 2.04. The second kappa shape index (κ2) is 5.98. The number of rotatable bonds is 2. The first-order chi connectivity index (χ1) is 9.01. The lowest BCUT2D eigenvalue weighted by atomic mass is 10.2. The molecule has 0 spiro atoms.